The molecule has 0 saturated heterocycles. The first-order chi connectivity index (χ1) is 9.04. The summed E-state index contributed by atoms with van der Waals surface area (Å²) in [5, 5.41) is 3.60. The maximum Gasteiger partial charge on any atom is 0.0411 e. The molecule has 1 atom stereocenters. The Hall–Kier alpha value is -0.510. The van der Waals surface area contributed by atoms with Crippen LogP contribution >= 0.6 is 11.8 Å². The van der Waals surface area contributed by atoms with Crippen molar-refractivity contribution in [2.24, 2.45) is 0 Å². The predicted molar refractivity (Wildman–Crippen MR) is 88.2 cm³/mol. The zero-order chi connectivity index (χ0) is 14.3. The van der Waals surface area contributed by atoms with Gasteiger partial charge in [0, 0.05) is 24.1 Å². The number of thioether (sulfide) groups is 1. The maximum atomic E-state index is 3.60. The maximum absolute atomic E-state index is 3.60. The smallest absolute Gasteiger partial charge is 0.0411 e. The Balaban J connectivity index is 2.58. The summed E-state index contributed by atoms with van der Waals surface area (Å²) in [4.78, 5) is 2.24. The van der Waals surface area contributed by atoms with Crippen molar-refractivity contribution in [1.82, 2.24) is 10.2 Å². The van der Waals surface area contributed by atoms with E-state index in [9.17, 15) is 0 Å². The van der Waals surface area contributed by atoms with Crippen LogP contribution in [-0.4, -0.2) is 43.6 Å². The predicted octanol–water partition coefficient (Wildman–Crippen LogP) is 3.25. The Labute approximate surface area is 123 Å². The van der Waals surface area contributed by atoms with Crippen LogP contribution in [0.1, 0.15) is 29.7 Å². The molecule has 1 rings (SSSR count). The number of hydrogen-bond donors (Lipinski definition) is 1. The monoisotopic (exact) mass is 280 g/mol. The Morgan fingerprint density at radius 2 is 1.95 bits per heavy atom. The van der Waals surface area contributed by atoms with Crippen LogP contribution in [0.4, 0.5) is 0 Å². The van der Waals surface area contributed by atoms with Gasteiger partial charge in [-0.1, -0.05) is 25.1 Å². The SMILES string of the molecule is CCNC(CSCCN(C)C)c1ccc(C)c(C)c1. The van der Waals surface area contributed by atoms with Gasteiger partial charge in [0.25, 0.3) is 0 Å². The van der Waals surface area contributed by atoms with E-state index in [4.69, 9.17) is 0 Å². The lowest BCUT2D eigenvalue weighted by atomic mass is 10.0. The van der Waals surface area contributed by atoms with Crippen molar-refractivity contribution in [2.45, 2.75) is 26.8 Å². The summed E-state index contributed by atoms with van der Waals surface area (Å²) >= 11 is 2.03. The molecule has 2 nitrogen and oxygen atoms in total. The summed E-state index contributed by atoms with van der Waals surface area (Å²) in [7, 11) is 4.26. The minimum atomic E-state index is 0.469. The third kappa shape index (κ3) is 5.98. The van der Waals surface area contributed by atoms with Gasteiger partial charge in [0.1, 0.15) is 0 Å². The fraction of sp³-hybridized carbons (Fsp3) is 0.625. The van der Waals surface area contributed by atoms with Gasteiger partial charge in [-0.25, -0.2) is 0 Å². The number of nitrogens with one attached hydrogen (secondary N) is 1. The van der Waals surface area contributed by atoms with Gasteiger partial charge in [0.05, 0.1) is 0 Å². The lowest BCUT2D eigenvalue weighted by molar-refractivity contribution is 0.437. The topological polar surface area (TPSA) is 15.3 Å². The minimum absolute atomic E-state index is 0.469. The van der Waals surface area contributed by atoms with E-state index >= 15 is 0 Å². The van der Waals surface area contributed by atoms with Gasteiger partial charge in [-0.05, 0) is 51.2 Å². The van der Waals surface area contributed by atoms with Crippen molar-refractivity contribution in [3.05, 3.63) is 34.9 Å². The highest BCUT2D eigenvalue weighted by atomic mass is 32.2. The molecule has 0 spiro atoms. The quantitative estimate of drug-likeness (QED) is 0.736. The second-order valence-electron chi connectivity index (χ2n) is 5.33. The average molecular weight is 280 g/mol. The number of hydrogen-bond acceptors (Lipinski definition) is 3. The lowest BCUT2D eigenvalue weighted by Gasteiger charge is -2.19. The fourth-order valence-corrected chi connectivity index (χ4v) is 3.16. The van der Waals surface area contributed by atoms with Crippen LogP contribution in [-0.2, 0) is 0 Å². The summed E-state index contributed by atoms with van der Waals surface area (Å²) in [5.74, 6) is 2.34. The van der Waals surface area contributed by atoms with Crippen LogP contribution in [0.15, 0.2) is 18.2 Å². The van der Waals surface area contributed by atoms with E-state index in [1.165, 1.54) is 22.4 Å². The van der Waals surface area contributed by atoms with E-state index in [0.717, 1.165) is 18.8 Å². The highest BCUT2D eigenvalue weighted by Gasteiger charge is 2.11. The molecule has 0 bridgehead atoms. The standard InChI is InChI=1S/C16H28N2S/c1-6-17-16(12-19-10-9-18(4)5)15-8-7-13(2)14(3)11-15/h7-8,11,16-17H,6,9-10,12H2,1-5H3. The molecule has 0 radical (unpaired) electrons. The number of nitrogens with zero attached hydrogens (tertiary/aromatic N) is 1. The van der Waals surface area contributed by atoms with Crippen LogP contribution in [0.2, 0.25) is 0 Å². The van der Waals surface area contributed by atoms with Gasteiger partial charge in [-0.2, -0.15) is 11.8 Å². The van der Waals surface area contributed by atoms with E-state index in [2.05, 4.69) is 63.3 Å². The van der Waals surface area contributed by atoms with Crippen LogP contribution in [0, 0.1) is 13.8 Å². The molecule has 108 valence electrons. The molecular formula is C16H28N2S. The normalized spacial score (nSPS) is 12.9. The molecule has 1 unspecified atom stereocenters. The van der Waals surface area contributed by atoms with Crippen LogP contribution in [0.25, 0.3) is 0 Å². The van der Waals surface area contributed by atoms with Crippen LogP contribution < -0.4 is 5.32 Å². The first kappa shape index (κ1) is 16.5. The minimum Gasteiger partial charge on any atom is -0.310 e. The summed E-state index contributed by atoms with van der Waals surface area (Å²) in [6, 6.07) is 7.30. The molecule has 0 fully saturated rings. The van der Waals surface area contributed by atoms with Crippen LogP contribution in [0.5, 0.6) is 0 Å². The summed E-state index contributed by atoms with van der Waals surface area (Å²) in [6.45, 7) is 8.72. The van der Waals surface area contributed by atoms with Crippen molar-refractivity contribution < 1.29 is 0 Å². The largest absolute Gasteiger partial charge is 0.310 e. The van der Waals surface area contributed by atoms with Gasteiger partial charge in [0.2, 0.25) is 0 Å². The van der Waals surface area contributed by atoms with Gasteiger partial charge in [0.15, 0.2) is 0 Å². The molecular weight excluding hydrogens is 252 g/mol. The van der Waals surface area contributed by atoms with E-state index in [1.807, 2.05) is 11.8 Å². The van der Waals surface area contributed by atoms with Crippen molar-refractivity contribution in [1.29, 1.82) is 0 Å². The first-order valence-electron chi connectivity index (χ1n) is 7.07. The Morgan fingerprint density at radius 3 is 2.53 bits per heavy atom. The number of rotatable bonds is 8. The average Bonchev–Trinajstić information content (AvgIpc) is 2.36. The molecule has 1 N–H and O–H groups in total. The van der Waals surface area contributed by atoms with Crippen molar-refractivity contribution in [3.63, 3.8) is 0 Å². The third-order valence-corrected chi connectivity index (χ3v) is 4.39. The molecule has 0 heterocycles. The summed E-state index contributed by atoms with van der Waals surface area (Å²) in [6.07, 6.45) is 0. The molecule has 0 aliphatic heterocycles. The molecule has 0 amide bonds. The molecule has 0 saturated carbocycles. The second kappa shape index (κ2) is 8.62. The Morgan fingerprint density at radius 1 is 1.21 bits per heavy atom. The molecule has 0 aliphatic carbocycles. The summed E-state index contributed by atoms with van der Waals surface area (Å²) < 4.78 is 0. The first-order valence-corrected chi connectivity index (χ1v) is 8.23. The Kier molecular flexibility index (Phi) is 7.51. The number of aryl methyl sites for hydroxylation is 2. The van der Waals surface area contributed by atoms with Crippen molar-refractivity contribution in [2.75, 3.05) is 38.7 Å². The molecule has 1 aromatic carbocycles. The third-order valence-electron chi connectivity index (χ3n) is 3.35. The molecule has 1 aromatic rings. The van der Waals surface area contributed by atoms with E-state index < -0.39 is 0 Å². The van der Waals surface area contributed by atoms with Gasteiger partial charge in [-0.15, -0.1) is 0 Å². The molecule has 3 heteroatoms. The van der Waals surface area contributed by atoms with E-state index in [-0.39, 0.29) is 0 Å². The Bertz CT molecular complexity index is 377. The van der Waals surface area contributed by atoms with Crippen molar-refractivity contribution >= 4 is 11.8 Å². The summed E-state index contributed by atoms with van der Waals surface area (Å²) in [5.41, 5.74) is 4.18. The zero-order valence-corrected chi connectivity index (χ0v) is 13.8. The van der Waals surface area contributed by atoms with Crippen LogP contribution in [0.3, 0.4) is 0 Å². The highest BCUT2D eigenvalue weighted by molar-refractivity contribution is 7.99. The number of benzene rings is 1. The zero-order valence-electron chi connectivity index (χ0n) is 13.0. The highest BCUT2D eigenvalue weighted by Crippen LogP contribution is 2.21. The van der Waals surface area contributed by atoms with Gasteiger partial charge in [-0.3, -0.25) is 0 Å². The van der Waals surface area contributed by atoms with Gasteiger partial charge < -0.3 is 10.2 Å². The second-order valence-corrected chi connectivity index (χ2v) is 6.48. The molecule has 0 aliphatic rings. The molecule has 19 heavy (non-hydrogen) atoms. The van der Waals surface area contributed by atoms with Crippen molar-refractivity contribution in [3.8, 4) is 0 Å². The fourth-order valence-electron chi connectivity index (χ4n) is 1.95. The lowest BCUT2D eigenvalue weighted by Crippen LogP contribution is -2.24. The van der Waals surface area contributed by atoms with E-state index in [0.29, 0.717) is 6.04 Å². The van der Waals surface area contributed by atoms with Gasteiger partial charge >= 0.3 is 0 Å². The molecule has 0 aromatic heterocycles. The van der Waals surface area contributed by atoms with E-state index in [1.54, 1.807) is 0 Å².